The fourth-order valence-corrected chi connectivity index (χ4v) is 2.84. The van der Waals surface area contributed by atoms with Crippen LogP contribution in [-0.2, 0) is 11.2 Å². The van der Waals surface area contributed by atoms with E-state index in [0.29, 0.717) is 17.8 Å². The van der Waals surface area contributed by atoms with Gasteiger partial charge in [-0.3, -0.25) is 4.79 Å². The van der Waals surface area contributed by atoms with Gasteiger partial charge in [0, 0.05) is 16.3 Å². The summed E-state index contributed by atoms with van der Waals surface area (Å²) in [5.41, 5.74) is 1.89. The zero-order chi connectivity index (χ0) is 16.1. The minimum absolute atomic E-state index is 0.0535. The summed E-state index contributed by atoms with van der Waals surface area (Å²) in [6.45, 7) is 0. The third-order valence-corrected chi connectivity index (χ3v) is 4.11. The maximum absolute atomic E-state index is 13.6. The van der Waals surface area contributed by atoms with Crippen molar-refractivity contribution in [2.75, 3.05) is 10.6 Å². The normalized spacial score (nSPS) is 10.3. The first kappa shape index (κ1) is 15.2. The molecule has 0 atom stereocenters. The molecule has 0 spiro atoms. The van der Waals surface area contributed by atoms with Gasteiger partial charge in [-0.2, -0.15) is 0 Å². The number of rotatable bonds is 5. The molecule has 116 valence electrons. The highest BCUT2D eigenvalue weighted by Crippen LogP contribution is 2.21. The minimum Gasteiger partial charge on any atom is -0.353 e. The van der Waals surface area contributed by atoms with Crippen LogP contribution in [0, 0.1) is 5.82 Å². The van der Waals surface area contributed by atoms with Crippen LogP contribution in [-0.4, -0.2) is 5.91 Å². The van der Waals surface area contributed by atoms with Crippen LogP contribution >= 0.6 is 11.3 Å². The molecular weight excluding hydrogens is 311 g/mol. The Bertz CT molecular complexity index is 785. The molecule has 5 heteroatoms. The molecule has 1 heterocycles. The first-order valence-corrected chi connectivity index (χ1v) is 8.02. The molecule has 0 unspecified atom stereocenters. The van der Waals surface area contributed by atoms with Gasteiger partial charge in [0.05, 0.1) is 12.1 Å². The summed E-state index contributed by atoms with van der Waals surface area (Å²) in [5.74, 6) is -0.358. The van der Waals surface area contributed by atoms with Crippen molar-refractivity contribution in [3.8, 4) is 0 Å². The summed E-state index contributed by atoms with van der Waals surface area (Å²) < 4.78 is 13.6. The fourth-order valence-electron chi connectivity index (χ4n) is 2.13. The summed E-state index contributed by atoms with van der Waals surface area (Å²) in [6.07, 6.45) is 0.368. The molecule has 3 rings (SSSR count). The molecule has 2 aromatic carbocycles. The average Bonchev–Trinajstić information content (AvgIpc) is 3.04. The quantitative estimate of drug-likeness (QED) is 0.706. The Morgan fingerprint density at radius 2 is 1.70 bits per heavy atom. The second-order valence-electron chi connectivity index (χ2n) is 4.99. The van der Waals surface area contributed by atoms with Crippen LogP contribution < -0.4 is 10.6 Å². The summed E-state index contributed by atoms with van der Waals surface area (Å²) in [4.78, 5) is 13.0. The van der Waals surface area contributed by atoms with E-state index >= 15 is 0 Å². The zero-order valence-corrected chi connectivity index (χ0v) is 13.1. The molecule has 0 saturated carbocycles. The van der Waals surface area contributed by atoms with Crippen molar-refractivity contribution in [1.29, 1.82) is 0 Å². The van der Waals surface area contributed by atoms with E-state index in [1.165, 1.54) is 6.07 Å². The highest BCUT2D eigenvalue weighted by molar-refractivity contribution is 7.10. The molecule has 1 aromatic heterocycles. The van der Waals surface area contributed by atoms with Gasteiger partial charge in [0.15, 0.2) is 0 Å². The van der Waals surface area contributed by atoms with E-state index in [0.717, 1.165) is 10.6 Å². The lowest BCUT2D eigenvalue weighted by atomic mass is 10.2. The molecule has 0 aliphatic carbocycles. The summed E-state index contributed by atoms with van der Waals surface area (Å²) in [7, 11) is 0. The Kier molecular flexibility index (Phi) is 4.68. The minimum atomic E-state index is -0.305. The van der Waals surface area contributed by atoms with Crippen LogP contribution in [0.25, 0.3) is 0 Å². The lowest BCUT2D eigenvalue weighted by Crippen LogP contribution is -2.13. The predicted octanol–water partition coefficient (Wildman–Crippen LogP) is 4.81. The highest BCUT2D eigenvalue weighted by Gasteiger charge is 2.05. The Morgan fingerprint density at radius 1 is 0.957 bits per heavy atom. The van der Waals surface area contributed by atoms with Gasteiger partial charge in [-0.25, -0.2) is 4.39 Å². The highest BCUT2D eigenvalue weighted by atomic mass is 32.1. The van der Waals surface area contributed by atoms with E-state index < -0.39 is 0 Å². The number of anilines is 3. The lowest BCUT2D eigenvalue weighted by molar-refractivity contribution is -0.115. The lowest BCUT2D eigenvalue weighted by Gasteiger charge is -2.09. The molecule has 0 aliphatic rings. The molecule has 0 saturated heterocycles. The van der Waals surface area contributed by atoms with E-state index in [4.69, 9.17) is 0 Å². The first-order valence-electron chi connectivity index (χ1n) is 7.14. The molecule has 23 heavy (non-hydrogen) atoms. The van der Waals surface area contributed by atoms with E-state index in [-0.39, 0.29) is 11.7 Å². The van der Waals surface area contributed by atoms with Crippen molar-refractivity contribution in [3.63, 3.8) is 0 Å². The number of hydrogen-bond acceptors (Lipinski definition) is 3. The van der Waals surface area contributed by atoms with Gasteiger partial charge < -0.3 is 10.6 Å². The van der Waals surface area contributed by atoms with E-state index in [1.54, 1.807) is 53.8 Å². The van der Waals surface area contributed by atoms with Gasteiger partial charge in [0.1, 0.15) is 5.82 Å². The van der Waals surface area contributed by atoms with Crippen molar-refractivity contribution in [2.45, 2.75) is 6.42 Å². The van der Waals surface area contributed by atoms with Gasteiger partial charge in [0.25, 0.3) is 0 Å². The third-order valence-electron chi connectivity index (χ3n) is 3.24. The first-order chi connectivity index (χ1) is 11.2. The van der Waals surface area contributed by atoms with Crippen LogP contribution in [0.4, 0.5) is 21.5 Å². The summed E-state index contributed by atoms with van der Waals surface area (Å²) in [5, 5.41) is 7.80. The van der Waals surface area contributed by atoms with Crippen molar-refractivity contribution in [2.24, 2.45) is 0 Å². The average molecular weight is 326 g/mol. The number of halogens is 1. The number of nitrogens with one attached hydrogen (secondary N) is 2. The fraction of sp³-hybridized carbons (Fsp3) is 0.0556. The summed E-state index contributed by atoms with van der Waals surface area (Å²) in [6, 6.07) is 17.5. The summed E-state index contributed by atoms with van der Waals surface area (Å²) >= 11 is 1.56. The van der Waals surface area contributed by atoms with Gasteiger partial charge >= 0.3 is 0 Å². The second kappa shape index (κ2) is 7.07. The van der Waals surface area contributed by atoms with Gasteiger partial charge in [-0.1, -0.05) is 18.2 Å². The van der Waals surface area contributed by atoms with Crippen molar-refractivity contribution >= 4 is 34.3 Å². The van der Waals surface area contributed by atoms with E-state index in [9.17, 15) is 9.18 Å². The Hall–Kier alpha value is -2.66. The number of hydrogen-bond donors (Lipinski definition) is 2. The topological polar surface area (TPSA) is 41.1 Å². The van der Waals surface area contributed by atoms with Gasteiger partial charge in [0.2, 0.25) is 5.91 Å². The van der Waals surface area contributed by atoms with Crippen LogP contribution in [0.2, 0.25) is 0 Å². The smallest absolute Gasteiger partial charge is 0.229 e. The molecule has 3 aromatic rings. The molecular formula is C18H15FN2OS. The van der Waals surface area contributed by atoms with Crippen molar-refractivity contribution in [3.05, 3.63) is 76.7 Å². The molecule has 0 bridgehead atoms. The maximum Gasteiger partial charge on any atom is 0.229 e. The van der Waals surface area contributed by atoms with Gasteiger partial charge in [-0.15, -0.1) is 11.3 Å². The predicted molar refractivity (Wildman–Crippen MR) is 92.8 cm³/mol. The second-order valence-corrected chi connectivity index (χ2v) is 6.02. The molecule has 3 nitrogen and oxygen atoms in total. The zero-order valence-electron chi connectivity index (χ0n) is 12.3. The molecule has 0 fully saturated rings. The van der Waals surface area contributed by atoms with E-state index in [2.05, 4.69) is 10.6 Å². The third kappa shape index (κ3) is 4.17. The molecule has 0 radical (unpaired) electrons. The maximum atomic E-state index is 13.6. The largest absolute Gasteiger partial charge is 0.353 e. The standard InChI is InChI=1S/C18H15FN2OS/c19-16-5-1-2-6-17(16)20-13-7-9-14(10-8-13)21-18(22)12-15-4-3-11-23-15/h1-11,20H,12H2,(H,21,22). The number of thiophene rings is 1. The van der Waals surface area contributed by atoms with E-state index in [1.807, 2.05) is 17.5 Å². The van der Waals surface area contributed by atoms with Crippen LogP contribution in [0.1, 0.15) is 4.88 Å². The number of carbonyl (C=O) groups is 1. The number of carbonyl (C=O) groups excluding carboxylic acids is 1. The van der Waals surface area contributed by atoms with Crippen molar-refractivity contribution < 1.29 is 9.18 Å². The Balaban J connectivity index is 1.61. The SMILES string of the molecule is O=C(Cc1cccs1)Nc1ccc(Nc2ccccc2F)cc1. The number of amides is 1. The Labute approximate surface area is 137 Å². The van der Waals surface area contributed by atoms with Crippen LogP contribution in [0.5, 0.6) is 0 Å². The van der Waals surface area contributed by atoms with Crippen LogP contribution in [0.15, 0.2) is 66.0 Å². The van der Waals surface area contributed by atoms with Gasteiger partial charge in [-0.05, 0) is 47.8 Å². The molecule has 0 aliphatic heterocycles. The van der Waals surface area contributed by atoms with Crippen molar-refractivity contribution in [1.82, 2.24) is 0 Å². The van der Waals surface area contributed by atoms with Crippen LogP contribution in [0.3, 0.4) is 0 Å². The number of para-hydroxylation sites is 1. The molecule has 2 N–H and O–H groups in total. The Morgan fingerprint density at radius 3 is 2.39 bits per heavy atom. The monoisotopic (exact) mass is 326 g/mol. The molecule has 1 amide bonds. The number of benzene rings is 2.